The molecule has 5 amide bonds. The van der Waals surface area contributed by atoms with E-state index >= 15 is 0 Å². The van der Waals surface area contributed by atoms with Crippen LogP contribution in [0.25, 0.3) is 0 Å². The third-order valence-corrected chi connectivity index (χ3v) is 4.06. The van der Waals surface area contributed by atoms with Crippen molar-refractivity contribution in [2.75, 3.05) is 6.54 Å². The summed E-state index contributed by atoms with van der Waals surface area (Å²) in [4.78, 5) is 70.2. The minimum absolute atomic E-state index is 0.437. The second kappa shape index (κ2) is 12.3. The van der Waals surface area contributed by atoms with Gasteiger partial charge in [-0.15, -0.1) is 0 Å². The second-order valence-corrected chi connectivity index (χ2v) is 6.44. The van der Waals surface area contributed by atoms with Crippen molar-refractivity contribution in [3.8, 4) is 0 Å². The van der Waals surface area contributed by atoms with E-state index in [4.69, 9.17) is 17.2 Å². The molecule has 0 aromatic carbocycles. The molecule has 13 heteroatoms. The first kappa shape index (κ1) is 25.8. The molecule has 0 spiro atoms. The molecule has 0 rings (SSSR count). The van der Waals surface area contributed by atoms with Crippen LogP contribution in [0.15, 0.2) is 0 Å². The highest BCUT2D eigenvalue weighted by atomic mass is 16.4. The summed E-state index contributed by atoms with van der Waals surface area (Å²) in [5.41, 5.74) is 15.3. The van der Waals surface area contributed by atoms with Crippen molar-refractivity contribution in [3.05, 3.63) is 0 Å². The number of amides is 5. The number of rotatable bonds is 13. The Hall–Kier alpha value is -3.22. The zero-order valence-electron chi connectivity index (χ0n) is 16.3. The lowest BCUT2D eigenvalue weighted by atomic mass is 9.98. The molecule has 0 saturated carbocycles. The van der Waals surface area contributed by atoms with E-state index in [1.165, 1.54) is 0 Å². The standard InChI is InChI=1S/C16H28N6O7/c1-3-7(2)13(16(28)29)22-15(27)9(5-11(19)24)21-14(26)8(4-10(18)23)20-12(25)6-17/h7-9,13H,3-6,17H2,1-2H3,(H2,18,23)(H2,19,24)(H,20,25)(H,21,26)(H,22,27)(H,28,29). The van der Waals surface area contributed by atoms with Crippen LogP contribution in [0, 0.1) is 5.92 Å². The van der Waals surface area contributed by atoms with Crippen LogP contribution in [0.3, 0.4) is 0 Å². The number of aliphatic carboxylic acids is 1. The van der Waals surface area contributed by atoms with E-state index in [1.807, 2.05) is 0 Å². The van der Waals surface area contributed by atoms with Gasteiger partial charge in [0.15, 0.2) is 0 Å². The molecule has 29 heavy (non-hydrogen) atoms. The summed E-state index contributed by atoms with van der Waals surface area (Å²) >= 11 is 0. The molecule has 10 N–H and O–H groups in total. The summed E-state index contributed by atoms with van der Waals surface area (Å²) in [6.07, 6.45) is -0.790. The lowest BCUT2D eigenvalue weighted by Gasteiger charge is -2.25. The lowest BCUT2D eigenvalue weighted by molar-refractivity contribution is -0.144. The number of carboxylic acid groups (broad SMARTS) is 1. The molecule has 0 saturated heterocycles. The largest absolute Gasteiger partial charge is 0.480 e. The zero-order valence-corrected chi connectivity index (χ0v) is 16.3. The smallest absolute Gasteiger partial charge is 0.326 e. The van der Waals surface area contributed by atoms with Crippen molar-refractivity contribution >= 4 is 35.5 Å². The summed E-state index contributed by atoms with van der Waals surface area (Å²) in [7, 11) is 0. The molecule has 0 aliphatic heterocycles. The van der Waals surface area contributed by atoms with Gasteiger partial charge >= 0.3 is 5.97 Å². The predicted octanol–water partition coefficient (Wildman–Crippen LogP) is -3.72. The van der Waals surface area contributed by atoms with Crippen LogP contribution in [0.2, 0.25) is 0 Å². The van der Waals surface area contributed by atoms with E-state index in [2.05, 4.69) is 16.0 Å². The van der Waals surface area contributed by atoms with Crippen LogP contribution in [-0.4, -0.2) is 65.3 Å². The van der Waals surface area contributed by atoms with Gasteiger partial charge in [0, 0.05) is 0 Å². The van der Waals surface area contributed by atoms with Gasteiger partial charge in [-0.05, 0) is 5.92 Å². The first-order valence-electron chi connectivity index (χ1n) is 8.82. The van der Waals surface area contributed by atoms with Gasteiger partial charge in [-0.25, -0.2) is 4.79 Å². The minimum atomic E-state index is -1.53. The molecule has 0 heterocycles. The Morgan fingerprint density at radius 3 is 1.69 bits per heavy atom. The number of nitrogens with one attached hydrogen (secondary N) is 3. The Kier molecular flexibility index (Phi) is 10.9. The summed E-state index contributed by atoms with van der Waals surface area (Å²) in [5, 5.41) is 15.9. The summed E-state index contributed by atoms with van der Waals surface area (Å²) in [6.45, 7) is 2.86. The van der Waals surface area contributed by atoms with Crippen molar-refractivity contribution in [3.63, 3.8) is 0 Å². The van der Waals surface area contributed by atoms with Gasteiger partial charge in [0.25, 0.3) is 0 Å². The van der Waals surface area contributed by atoms with E-state index in [-0.39, 0.29) is 0 Å². The van der Waals surface area contributed by atoms with Gasteiger partial charge in [-0.3, -0.25) is 24.0 Å². The second-order valence-electron chi connectivity index (χ2n) is 6.44. The minimum Gasteiger partial charge on any atom is -0.480 e. The Labute approximate surface area is 167 Å². The maximum atomic E-state index is 12.5. The third-order valence-electron chi connectivity index (χ3n) is 4.06. The fraction of sp³-hybridized carbons (Fsp3) is 0.625. The van der Waals surface area contributed by atoms with E-state index in [0.717, 1.165) is 0 Å². The van der Waals surface area contributed by atoms with Gasteiger partial charge in [-0.1, -0.05) is 20.3 Å². The van der Waals surface area contributed by atoms with Crippen molar-refractivity contribution in [1.29, 1.82) is 0 Å². The number of carbonyl (C=O) groups is 6. The highest BCUT2D eigenvalue weighted by Gasteiger charge is 2.32. The van der Waals surface area contributed by atoms with E-state index in [9.17, 15) is 33.9 Å². The van der Waals surface area contributed by atoms with Crippen LogP contribution in [0.1, 0.15) is 33.1 Å². The first-order valence-corrected chi connectivity index (χ1v) is 8.82. The summed E-state index contributed by atoms with van der Waals surface area (Å²) in [6, 6.07) is -4.24. The molecular formula is C16H28N6O7. The molecule has 0 aliphatic rings. The topological polar surface area (TPSA) is 237 Å². The van der Waals surface area contributed by atoms with Gasteiger partial charge in [0.05, 0.1) is 19.4 Å². The van der Waals surface area contributed by atoms with Crippen LogP contribution in [0.5, 0.6) is 0 Å². The SMILES string of the molecule is CCC(C)C(NC(=O)C(CC(N)=O)NC(=O)C(CC(N)=O)NC(=O)CN)C(=O)O. The van der Waals surface area contributed by atoms with Crippen molar-refractivity contribution < 1.29 is 33.9 Å². The predicted molar refractivity (Wildman–Crippen MR) is 99.6 cm³/mol. The number of hydrogen-bond acceptors (Lipinski definition) is 7. The van der Waals surface area contributed by atoms with Crippen LogP contribution >= 0.6 is 0 Å². The third kappa shape index (κ3) is 9.51. The Morgan fingerprint density at radius 1 is 0.862 bits per heavy atom. The highest BCUT2D eigenvalue weighted by molar-refractivity contribution is 5.97. The molecule has 164 valence electrons. The maximum Gasteiger partial charge on any atom is 0.326 e. The fourth-order valence-electron chi connectivity index (χ4n) is 2.28. The van der Waals surface area contributed by atoms with Gasteiger partial charge in [-0.2, -0.15) is 0 Å². The fourth-order valence-corrected chi connectivity index (χ4v) is 2.28. The van der Waals surface area contributed by atoms with Crippen molar-refractivity contribution in [2.45, 2.75) is 51.2 Å². The monoisotopic (exact) mass is 416 g/mol. The molecule has 4 atom stereocenters. The molecule has 13 nitrogen and oxygen atoms in total. The van der Waals surface area contributed by atoms with Gasteiger partial charge < -0.3 is 38.3 Å². The molecule has 0 aliphatic carbocycles. The van der Waals surface area contributed by atoms with Crippen LogP contribution in [-0.2, 0) is 28.8 Å². The Bertz CT molecular complexity index is 654. The van der Waals surface area contributed by atoms with E-state index in [0.29, 0.717) is 6.42 Å². The number of carbonyl (C=O) groups excluding carboxylic acids is 5. The van der Waals surface area contributed by atoms with Crippen LogP contribution < -0.4 is 33.2 Å². The van der Waals surface area contributed by atoms with Crippen molar-refractivity contribution in [2.24, 2.45) is 23.1 Å². The maximum absolute atomic E-state index is 12.5. The van der Waals surface area contributed by atoms with E-state index < -0.39 is 78.9 Å². The lowest BCUT2D eigenvalue weighted by Crippen LogP contribution is -2.58. The van der Waals surface area contributed by atoms with Gasteiger partial charge in [0.1, 0.15) is 18.1 Å². The van der Waals surface area contributed by atoms with Gasteiger partial charge in [0.2, 0.25) is 29.5 Å². The highest BCUT2D eigenvalue weighted by Crippen LogP contribution is 2.09. The van der Waals surface area contributed by atoms with Crippen molar-refractivity contribution in [1.82, 2.24) is 16.0 Å². The summed E-state index contributed by atoms with van der Waals surface area (Å²) in [5.74, 6) is -6.31. The average Bonchev–Trinajstić information content (AvgIpc) is 2.62. The number of nitrogens with two attached hydrogens (primary N) is 3. The number of hydrogen-bond donors (Lipinski definition) is 7. The quantitative estimate of drug-likeness (QED) is 0.157. The first-order chi connectivity index (χ1) is 13.4. The molecule has 0 bridgehead atoms. The Balaban J connectivity index is 5.47. The molecule has 0 aromatic rings. The van der Waals surface area contributed by atoms with E-state index in [1.54, 1.807) is 13.8 Å². The molecule has 0 aromatic heterocycles. The average molecular weight is 416 g/mol. The molecule has 0 radical (unpaired) electrons. The zero-order chi connectivity index (χ0) is 22.7. The molecule has 0 fully saturated rings. The molecular weight excluding hydrogens is 388 g/mol. The number of carboxylic acids is 1. The molecule has 4 unspecified atom stereocenters. The van der Waals surface area contributed by atoms with Crippen LogP contribution in [0.4, 0.5) is 0 Å². The normalized spacial score (nSPS) is 14.6. The summed E-state index contributed by atoms with van der Waals surface area (Å²) < 4.78 is 0. The number of primary amides is 2. The Morgan fingerprint density at radius 2 is 1.31 bits per heavy atom.